The Morgan fingerprint density at radius 3 is 3.04 bits per heavy atom. The van der Waals surface area contributed by atoms with E-state index in [0.29, 0.717) is 29.8 Å². The largest absolute Gasteiger partial charge is 0.443 e. The first-order chi connectivity index (χ1) is 12.1. The Balaban J connectivity index is 1.45. The van der Waals surface area contributed by atoms with Gasteiger partial charge >= 0.3 is 0 Å². The minimum Gasteiger partial charge on any atom is -0.443 e. The third kappa shape index (κ3) is 2.03. The molecule has 8 nitrogen and oxygen atoms in total. The van der Waals surface area contributed by atoms with Crippen molar-refractivity contribution in [3.8, 4) is 0 Å². The molecule has 8 heteroatoms. The number of nitrogens with zero attached hydrogens (tertiary/aromatic N) is 5. The molecular formula is C17H21N7O. The summed E-state index contributed by atoms with van der Waals surface area (Å²) in [6.45, 7) is 6.38. The van der Waals surface area contributed by atoms with Crippen LogP contribution >= 0.6 is 0 Å². The van der Waals surface area contributed by atoms with Gasteiger partial charge < -0.3 is 15.5 Å². The van der Waals surface area contributed by atoms with E-state index >= 15 is 0 Å². The van der Waals surface area contributed by atoms with E-state index in [-0.39, 0.29) is 5.41 Å². The van der Waals surface area contributed by atoms with Crippen molar-refractivity contribution in [3.05, 3.63) is 29.0 Å². The summed E-state index contributed by atoms with van der Waals surface area (Å²) in [5, 5.41) is 13.0. The van der Waals surface area contributed by atoms with E-state index < -0.39 is 0 Å². The maximum atomic E-state index is 6.11. The monoisotopic (exact) mass is 339 g/mol. The van der Waals surface area contributed by atoms with Crippen molar-refractivity contribution in [2.75, 3.05) is 18.8 Å². The molecule has 1 aliphatic heterocycles. The molecule has 1 aliphatic carbocycles. The number of anilines is 1. The molecule has 0 aromatic carbocycles. The lowest BCUT2D eigenvalue weighted by Gasteiger charge is -2.42. The normalized spacial score (nSPS) is 25.3. The van der Waals surface area contributed by atoms with Crippen molar-refractivity contribution in [3.63, 3.8) is 0 Å². The number of nitrogens with two attached hydrogens (primary N) is 1. The zero-order valence-electron chi connectivity index (χ0n) is 14.4. The molecule has 0 radical (unpaired) electrons. The topological polar surface area (TPSA) is 108 Å². The van der Waals surface area contributed by atoms with Gasteiger partial charge in [0.15, 0.2) is 5.82 Å². The van der Waals surface area contributed by atoms with Crippen molar-refractivity contribution in [2.24, 2.45) is 5.92 Å². The number of furan rings is 1. The Hall–Kier alpha value is -2.48. The van der Waals surface area contributed by atoms with Crippen LogP contribution in [-0.4, -0.2) is 38.1 Å². The standard InChI is InChI=1S/C17H21N7O/c1-9-10(2)25-16-14(9)15(18)20-13(21-16)7-24-6-12(22-23-24)17-4-3-11(17)5-19-8-17/h6,11,19H,3-5,7-8H2,1-2H3,(H2,18,20,21)/t11-,17-/m0/s1. The van der Waals surface area contributed by atoms with Gasteiger partial charge in [-0.15, -0.1) is 5.10 Å². The summed E-state index contributed by atoms with van der Waals surface area (Å²) in [7, 11) is 0. The van der Waals surface area contributed by atoms with Gasteiger partial charge in [0.2, 0.25) is 5.71 Å². The van der Waals surface area contributed by atoms with E-state index in [1.807, 2.05) is 20.0 Å². The van der Waals surface area contributed by atoms with Crippen LogP contribution in [0.3, 0.4) is 0 Å². The van der Waals surface area contributed by atoms with Crippen LogP contribution in [0.1, 0.15) is 35.7 Å². The number of hydrogen-bond donors (Lipinski definition) is 2. The molecule has 1 saturated heterocycles. The van der Waals surface area contributed by atoms with E-state index in [9.17, 15) is 0 Å². The number of rotatable bonds is 3. The van der Waals surface area contributed by atoms with Gasteiger partial charge in [-0.05, 0) is 39.2 Å². The fourth-order valence-corrected chi connectivity index (χ4v) is 4.27. The number of aromatic nitrogens is 5. The smallest absolute Gasteiger partial charge is 0.232 e. The van der Waals surface area contributed by atoms with Crippen molar-refractivity contribution >= 4 is 16.9 Å². The lowest BCUT2D eigenvalue weighted by molar-refractivity contribution is 0.176. The average Bonchev–Trinajstić information content (AvgIpc) is 3.19. The predicted octanol–water partition coefficient (Wildman–Crippen LogP) is 1.31. The van der Waals surface area contributed by atoms with Gasteiger partial charge in [-0.3, -0.25) is 0 Å². The van der Waals surface area contributed by atoms with E-state index in [1.54, 1.807) is 4.68 Å². The second kappa shape index (κ2) is 5.01. The van der Waals surface area contributed by atoms with Crippen LogP contribution in [0.2, 0.25) is 0 Å². The molecule has 4 heterocycles. The van der Waals surface area contributed by atoms with Gasteiger partial charge in [0.1, 0.15) is 18.1 Å². The van der Waals surface area contributed by atoms with Gasteiger partial charge in [0.25, 0.3) is 0 Å². The molecule has 130 valence electrons. The molecule has 25 heavy (non-hydrogen) atoms. The molecule has 5 rings (SSSR count). The highest BCUT2D eigenvalue weighted by molar-refractivity contribution is 5.88. The van der Waals surface area contributed by atoms with Crippen LogP contribution in [0.5, 0.6) is 0 Å². The summed E-state index contributed by atoms with van der Waals surface area (Å²) in [4.78, 5) is 8.94. The number of aryl methyl sites for hydroxylation is 2. The molecule has 3 N–H and O–H groups in total. The van der Waals surface area contributed by atoms with Crippen LogP contribution in [0, 0.1) is 19.8 Å². The molecule has 3 aromatic rings. The van der Waals surface area contributed by atoms with E-state index in [4.69, 9.17) is 10.2 Å². The van der Waals surface area contributed by atoms with Crippen LogP contribution < -0.4 is 11.1 Å². The first-order valence-corrected chi connectivity index (χ1v) is 8.70. The van der Waals surface area contributed by atoms with Gasteiger partial charge in [-0.2, -0.15) is 4.98 Å². The molecule has 3 aromatic heterocycles. The first kappa shape index (κ1) is 14.8. The Labute approximate surface area is 144 Å². The minimum absolute atomic E-state index is 0.178. The maximum absolute atomic E-state index is 6.11. The zero-order chi connectivity index (χ0) is 17.2. The molecule has 0 amide bonds. The van der Waals surface area contributed by atoms with Crippen LogP contribution in [0.15, 0.2) is 10.6 Å². The molecule has 2 aliphatic rings. The number of nitrogens with one attached hydrogen (secondary N) is 1. The molecule has 0 unspecified atom stereocenters. The summed E-state index contributed by atoms with van der Waals surface area (Å²) in [5.74, 6) is 2.55. The van der Waals surface area contributed by atoms with Crippen molar-refractivity contribution < 1.29 is 4.42 Å². The highest BCUT2D eigenvalue weighted by Gasteiger charge is 2.52. The van der Waals surface area contributed by atoms with Crippen LogP contribution in [0.4, 0.5) is 5.82 Å². The number of hydrogen-bond acceptors (Lipinski definition) is 7. The molecule has 0 spiro atoms. The maximum Gasteiger partial charge on any atom is 0.232 e. The Bertz CT molecular complexity index is 975. The van der Waals surface area contributed by atoms with E-state index in [0.717, 1.165) is 35.5 Å². The molecular weight excluding hydrogens is 318 g/mol. The van der Waals surface area contributed by atoms with Gasteiger partial charge in [0.05, 0.1) is 11.1 Å². The third-order valence-electron chi connectivity index (χ3n) is 6.01. The van der Waals surface area contributed by atoms with Crippen molar-refractivity contribution in [1.29, 1.82) is 0 Å². The van der Waals surface area contributed by atoms with Crippen LogP contribution in [0.25, 0.3) is 11.1 Å². The van der Waals surface area contributed by atoms with Gasteiger partial charge in [-0.1, -0.05) is 5.21 Å². The fraction of sp³-hybridized carbons (Fsp3) is 0.529. The van der Waals surface area contributed by atoms with Gasteiger partial charge in [0, 0.05) is 23.7 Å². The Kier molecular flexibility index (Phi) is 2.97. The molecule has 1 saturated carbocycles. The summed E-state index contributed by atoms with van der Waals surface area (Å²) >= 11 is 0. The minimum atomic E-state index is 0.178. The predicted molar refractivity (Wildman–Crippen MR) is 92.1 cm³/mol. The van der Waals surface area contributed by atoms with E-state index in [1.165, 1.54) is 12.8 Å². The summed E-state index contributed by atoms with van der Waals surface area (Å²) < 4.78 is 7.49. The Morgan fingerprint density at radius 1 is 1.40 bits per heavy atom. The lowest BCUT2D eigenvalue weighted by atomic mass is 9.60. The fourth-order valence-electron chi connectivity index (χ4n) is 4.27. The third-order valence-corrected chi connectivity index (χ3v) is 6.01. The second-order valence-corrected chi connectivity index (χ2v) is 7.31. The SMILES string of the molecule is Cc1oc2nc(Cn3cc([C@]45CC[C@H]4CNC5)nn3)nc(N)c2c1C. The highest BCUT2D eigenvalue weighted by atomic mass is 16.3. The van der Waals surface area contributed by atoms with Crippen molar-refractivity contribution in [1.82, 2.24) is 30.3 Å². The van der Waals surface area contributed by atoms with Crippen molar-refractivity contribution in [2.45, 2.75) is 38.6 Å². The van der Waals surface area contributed by atoms with Gasteiger partial charge in [-0.25, -0.2) is 9.67 Å². The zero-order valence-corrected chi connectivity index (χ0v) is 14.4. The molecule has 2 fully saturated rings. The first-order valence-electron chi connectivity index (χ1n) is 8.70. The highest BCUT2D eigenvalue weighted by Crippen LogP contribution is 2.50. The Morgan fingerprint density at radius 2 is 2.28 bits per heavy atom. The molecule has 2 atom stereocenters. The number of fused-ring (bicyclic) bond motifs is 2. The summed E-state index contributed by atoms with van der Waals surface area (Å²) in [6, 6.07) is 0. The van der Waals surface area contributed by atoms with E-state index in [2.05, 4.69) is 25.6 Å². The van der Waals surface area contributed by atoms with Crippen LogP contribution in [-0.2, 0) is 12.0 Å². The molecule has 0 bridgehead atoms. The quantitative estimate of drug-likeness (QED) is 0.740. The summed E-state index contributed by atoms with van der Waals surface area (Å²) in [5.41, 5.74) is 8.90. The lowest BCUT2D eigenvalue weighted by Crippen LogP contribution is -2.44. The average molecular weight is 339 g/mol. The second-order valence-electron chi connectivity index (χ2n) is 7.31. The number of nitrogen functional groups attached to an aromatic ring is 1. The summed E-state index contributed by atoms with van der Waals surface area (Å²) in [6.07, 6.45) is 4.48.